The normalized spacial score (nSPS) is 10.8. The number of aldehydes is 1. The molecule has 0 unspecified atom stereocenters. The molecule has 90 valence electrons. The van der Waals surface area contributed by atoms with E-state index in [1.54, 1.807) is 0 Å². The van der Waals surface area contributed by atoms with Gasteiger partial charge in [0.15, 0.2) is 0 Å². The first-order valence-electron chi connectivity index (χ1n) is 6.04. The highest BCUT2D eigenvalue weighted by atomic mass is 16.1. The Kier molecular flexibility index (Phi) is 3.73. The van der Waals surface area contributed by atoms with Crippen LogP contribution >= 0.6 is 0 Å². The third-order valence-electron chi connectivity index (χ3n) is 3.02. The lowest BCUT2D eigenvalue weighted by Gasteiger charge is -2.09. The summed E-state index contributed by atoms with van der Waals surface area (Å²) in [7, 11) is 0. The van der Waals surface area contributed by atoms with Gasteiger partial charge in [0, 0.05) is 5.56 Å². The predicted molar refractivity (Wildman–Crippen MR) is 76.7 cm³/mol. The van der Waals surface area contributed by atoms with Crippen LogP contribution in [-0.4, -0.2) is 6.29 Å². The molecule has 0 radical (unpaired) electrons. The Balaban J connectivity index is 2.55. The van der Waals surface area contributed by atoms with Gasteiger partial charge in [-0.05, 0) is 36.1 Å². The van der Waals surface area contributed by atoms with Crippen molar-refractivity contribution in [2.24, 2.45) is 0 Å². The number of benzene rings is 2. The van der Waals surface area contributed by atoms with Gasteiger partial charge in [-0.3, -0.25) is 4.79 Å². The van der Waals surface area contributed by atoms with Crippen molar-refractivity contribution in [3.63, 3.8) is 0 Å². The fraction of sp³-hybridized carbons (Fsp3) is 0.118. The summed E-state index contributed by atoms with van der Waals surface area (Å²) in [6.07, 6.45) is 5.04. The number of carbonyl (C=O) groups excluding carboxylic acids is 1. The Bertz CT molecular complexity index is 577. The van der Waals surface area contributed by atoms with Gasteiger partial charge in [-0.25, -0.2) is 0 Å². The van der Waals surface area contributed by atoms with Crippen molar-refractivity contribution >= 4 is 12.4 Å². The first kappa shape index (κ1) is 12.3. The number of allylic oxidation sites excluding steroid dienone is 1. The van der Waals surface area contributed by atoms with Crippen LogP contribution in [0.3, 0.4) is 0 Å². The van der Waals surface area contributed by atoms with E-state index in [0.717, 1.165) is 11.8 Å². The fourth-order valence-corrected chi connectivity index (χ4v) is 2.06. The van der Waals surface area contributed by atoms with Crippen molar-refractivity contribution in [1.82, 2.24) is 0 Å². The molecule has 0 N–H and O–H groups in total. The quantitative estimate of drug-likeness (QED) is 0.717. The number of hydrogen-bond donors (Lipinski definition) is 0. The van der Waals surface area contributed by atoms with Gasteiger partial charge < -0.3 is 0 Å². The molecule has 0 fully saturated rings. The monoisotopic (exact) mass is 236 g/mol. The average molecular weight is 236 g/mol. The molecule has 0 saturated heterocycles. The lowest BCUT2D eigenvalue weighted by atomic mass is 9.95. The molecular weight excluding hydrogens is 220 g/mol. The molecule has 0 amide bonds. The van der Waals surface area contributed by atoms with Gasteiger partial charge in [0.05, 0.1) is 0 Å². The highest BCUT2D eigenvalue weighted by Crippen LogP contribution is 2.27. The highest BCUT2D eigenvalue weighted by Gasteiger charge is 2.04. The molecule has 0 saturated carbocycles. The summed E-state index contributed by atoms with van der Waals surface area (Å²) in [5.41, 5.74) is 5.53. The minimum absolute atomic E-state index is 0.707. The first-order valence-corrected chi connectivity index (χ1v) is 6.04. The summed E-state index contributed by atoms with van der Waals surface area (Å²) < 4.78 is 0. The molecule has 2 aromatic rings. The van der Waals surface area contributed by atoms with E-state index in [9.17, 15) is 4.79 Å². The number of carbonyl (C=O) groups is 1. The minimum atomic E-state index is 0.707. The third kappa shape index (κ3) is 2.40. The summed E-state index contributed by atoms with van der Waals surface area (Å²) >= 11 is 0. The molecule has 0 bridgehead atoms. The van der Waals surface area contributed by atoms with Crippen LogP contribution in [0.1, 0.15) is 28.4 Å². The zero-order valence-corrected chi connectivity index (χ0v) is 10.7. The van der Waals surface area contributed by atoms with Gasteiger partial charge in [-0.1, -0.05) is 54.6 Å². The summed E-state index contributed by atoms with van der Waals surface area (Å²) in [5.74, 6) is 0. The SMILES string of the molecule is CC=Cc1c(C)cccc1-c1ccc(C=O)cc1. The first-order chi connectivity index (χ1) is 8.76. The van der Waals surface area contributed by atoms with E-state index in [2.05, 4.69) is 31.2 Å². The highest BCUT2D eigenvalue weighted by molar-refractivity contribution is 5.80. The van der Waals surface area contributed by atoms with E-state index in [1.807, 2.05) is 37.3 Å². The van der Waals surface area contributed by atoms with E-state index in [0.29, 0.717) is 5.56 Å². The van der Waals surface area contributed by atoms with Crippen LogP contribution in [0.25, 0.3) is 17.2 Å². The predicted octanol–water partition coefficient (Wildman–Crippen LogP) is 4.51. The Labute approximate surface area is 108 Å². The fourth-order valence-electron chi connectivity index (χ4n) is 2.06. The second kappa shape index (κ2) is 5.46. The van der Waals surface area contributed by atoms with E-state index in [4.69, 9.17) is 0 Å². The van der Waals surface area contributed by atoms with Crippen LogP contribution < -0.4 is 0 Å². The largest absolute Gasteiger partial charge is 0.298 e. The van der Waals surface area contributed by atoms with Crippen LogP contribution in [0.2, 0.25) is 0 Å². The maximum atomic E-state index is 10.7. The second-order valence-corrected chi connectivity index (χ2v) is 4.28. The van der Waals surface area contributed by atoms with Crippen molar-refractivity contribution < 1.29 is 4.79 Å². The smallest absolute Gasteiger partial charge is 0.150 e. The number of aryl methyl sites for hydroxylation is 1. The molecule has 0 heterocycles. The van der Waals surface area contributed by atoms with E-state index in [-0.39, 0.29) is 0 Å². The summed E-state index contributed by atoms with van der Waals surface area (Å²) in [4.78, 5) is 10.7. The maximum absolute atomic E-state index is 10.7. The molecule has 0 atom stereocenters. The number of rotatable bonds is 3. The van der Waals surface area contributed by atoms with E-state index < -0.39 is 0 Å². The summed E-state index contributed by atoms with van der Waals surface area (Å²) in [6.45, 7) is 4.13. The Morgan fingerprint density at radius 2 is 1.72 bits per heavy atom. The zero-order valence-electron chi connectivity index (χ0n) is 10.7. The van der Waals surface area contributed by atoms with Crippen LogP contribution in [0.5, 0.6) is 0 Å². The average Bonchev–Trinajstić information content (AvgIpc) is 2.41. The topological polar surface area (TPSA) is 17.1 Å². The minimum Gasteiger partial charge on any atom is -0.298 e. The lowest BCUT2D eigenvalue weighted by molar-refractivity contribution is 0.112. The van der Waals surface area contributed by atoms with Crippen LogP contribution in [0, 0.1) is 6.92 Å². The van der Waals surface area contributed by atoms with Gasteiger partial charge in [-0.15, -0.1) is 0 Å². The molecular formula is C17H16O. The lowest BCUT2D eigenvalue weighted by Crippen LogP contribution is -1.88. The molecule has 2 aromatic carbocycles. The van der Waals surface area contributed by atoms with Crippen molar-refractivity contribution in [2.45, 2.75) is 13.8 Å². The third-order valence-corrected chi connectivity index (χ3v) is 3.02. The van der Waals surface area contributed by atoms with Crippen LogP contribution in [0.15, 0.2) is 48.5 Å². The zero-order chi connectivity index (χ0) is 13.0. The molecule has 0 aliphatic carbocycles. The maximum Gasteiger partial charge on any atom is 0.150 e. The molecule has 0 aliphatic heterocycles. The molecule has 1 heteroatoms. The van der Waals surface area contributed by atoms with Crippen molar-refractivity contribution in [3.05, 3.63) is 65.2 Å². The van der Waals surface area contributed by atoms with Gasteiger partial charge in [0.2, 0.25) is 0 Å². The van der Waals surface area contributed by atoms with E-state index in [1.165, 1.54) is 16.7 Å². The molecule has 0 aromatic heterocycles. The standard InChI is InChI=1S/C17H16O/c1-3-5-16-13(2)6-4-7-17(16)15-10-8-14(12-18)9-11-15/h3-12H,1-2H3. The van der Waals surface area contributed by atoms with Gasteiger partial charge >= 0.3 is 0 Å². The van der Waals surface area contributed by atoms with Crippen LogP contribution in [-0.2, 0) is 0 Å². The molecule has 0 spiro atoms. The second-order valence-electron chi connectivity index (χ2n) is 4.28. The molecule has 0 aliphatic rings. The van der Waals surface area contributed by atoms with Gasteiger partial charge in [-0.2, -0.15) is 0 Å². The number of hydrogen-bond acceptors (Lipinski definition) is 1. The summed E-state index contributed by atoms with van der Waals surface area (Å²) in [5, 5.41) is 0. The molecule has 1 nitrogen and oxygen atoms in total. The Morgan fingerprint density at radius 1 is 1.00 bits per heavy atom. The Morgan fingerprint density at radius 3 is 2.33 bits per heavy atom. The Hall–Kier alpha value is -2.15. The molecule has 2 rings (SSSR count). The van der Waals surface area contributed by atoms with Gasteiger partial charge in [0.25, 0.3) is 0 Å². The molecule has 18 heavy (non-hydrogen) atoms. The van der Waals surface area contributed by atoms with E-state index >= 15 is 0 Å². The van der Waals surface area contributed by atoms with Crippen molar-refractivity contribution in [3.8, 4) is 11.1 Å². The van der Waals surface area contributed by atoms with Crippen LogP contribution in [0.4, 0.5) is 0 Å². The van der Waals surface area contributed by atoms with Gasteiger partial charge in [0.1, 0.15) is 6.29 Å². The van der Waals surface area contributed by atoms with Crippen molar-refractivity contribution in [1.29, 1.82) is 0 Å². The van der Waals surface area contributed by atoms with Crippen molar-refractivity contribution in [2.75, 3.05) is 0 Å². The summed E-state index contributed by atoms with van der Waals surface area (Å²) in [6, 6.07) is 14.0.